The number of nitrogens with zero attached hydrogens (tertiary/aromatic N) is 5. The number of aromatic nitrogens is 3. The molecule has 0 saturated heterocycles. The van der Waals surface area contributed by atoms with Gasteiger partial charge in [0.25, 0.3) is 0 Å². The molecule has 0 atom stereocenters. The lowest BCUT2D eigenvalue weighted by atomic mass is 10.0. The van der Waals surface area contributed by atoms with Crippen molar-refractivity contribution in [3.8, 4) is 16.9 Å². The Hall–Kier alpha value is -4.27. The third kappa shape index (κ3) is 3.68. The van der Waals surface area contributed by atoms with Gasteiger partial charge in [0, 0.05) is 23.2 Å². The van der Waals surface area contributed by atoms with Gasteiger partial charge in [-0.05, 0) is 23.8 Å². The Morgan fingerprint density at radius 1 is 1.13 bits per heavy atom. The van der Waals surface area contributed by atoms with E-state index in [-0.39, 0.29) is 5.84 Å². The molecule has 150 valence electrons. The van der Waals surface area contributed by atoms with Gasteiger partial charge in [0.2, 0.25) is 0 Å². The van der Waals surface area contributed by atoms with E-state index in [9.17, 15) is 0 Å². The van der Waals surface area contributed by atoms with E-state index in [1.165, 1.54) is 0 Å². The maximum absolute atomic E-state index is 7.80. The number of fused-ring (bicyclic) bond motifs is 1. The first-order chi connectivity index (χ1) is 14.7. The number of nitrogens with two attached hydrogens (primary N) is 1. The minimum Gasteiger partial charge on any atom is -0.496 e. The number of methoxy groups -OCH3 is 1. The maximum atomic E-state index is 7.80. The molecule has 9 nitrogen and oxygen atoms in total. The van der Waals surface area contributed by atoms with Gasteiger partial charge in [-0.25, -0.2) is 0 Å². The molecular formula is C21H20N8O. The van der Waals surface area contributed by atoms with Crippen LogP contribution in [0.2, 0.25) is 0 Å². The quantitative estimate of drug-likeness (QED) is 0.150. The Labute approximate surface area is 172 Å². The molecule has 2 heterocycles. The largest absolute Gasteiger partial charge is 0.496 e. The number of ether oxygens (including phenoxy) is 1. The normalized spacial score (nSPS) is 11.1. The van der Waals surface area contributed by atoms with Crippen LogP contribution in [0.15, 0.2) is 77.3 Å². The van der Waals surface area contributed by atoms with Crippen LogP contribution in [-0.4, -0.2) is 27.5 Å². The minimum atomic E-state index is 0.00700. The lowest BCUT2D eigenvalue weighted by molar-refractivity contribution is 0.410. The zero-order valence-corrected chi connectivity index (χ0v) is 16.3. The van der Waals surface area contributed by atoms with Crippen molar-refractivity contribution in [2.45, 2.75) is 6.54 Å². The topological polar surface area (TPSA) is 126 Å². The number of rotatable bonds is 6. The SMILES string of the molecule is COc1ccccc1CNc1ccc(-c2ccc(C(=N)N=NN)cc2)c2nncn12. The van der Waals surface area contributed by atoms with Crippen LogP contribution in [0.4, 0.5) is 5.82 Å². The van der Waals surface area contributed by atoms with Crippen LogP contribution in [0, 0.1) is 5.41 Å². The van der Waals surface area contributed by atoms with Crippen LogP contribution >= 0.6 is 0 Å². The summed E-state index contributed by atoms with van der Waals surface area (Å²) in [6.45, 7) is 0.600. The van der Waals surface area contributed by atoms with Gasteiger partial charge in [-0.3, -0.25) is 9.81 Å². The molecule has 2 aromatic heterocycles. The molecule has 0 spiro atoms. The first-order valence-electron chi connectivity index (χ1n) is 9.20. The van der Waals surface area contributed by atoms with Crippen molar-refractivity contribution in [3.63, 3.8) is 0 Å². The van der Waals surface area contributed by atoms with E-state index in [0.717, 1.165) is 33.9 Å². The van der Waals surface area contributed by atoms with Crippen molar-refractivity contribution in [2.24, 2.45) is 16.2 Å². The lowest BCUT2D eigenvalue weighted by Crippen LogP contribution is -2.05. The van der Waals surface area contributed by atoms with Crippen molar-refractivity contribution < 1.29 is 4.74 Å². The summed E-state index contributed by atoms with van der Waals surface area (Å²) in [5.74, 6) is 6.73. The van der Waals surface area contributed by atoms with Crippen molar-refractivity contribution in [3.05, 3.63) is 78.1 Å². The monoisotopic (exact) mass is 400 g/mol. The first-order valence-corrected chi connectivity index (χ1v) is 9.20. The molecule has 0 bridgehead atoms. The standard InChI is InChI=1S/C21H20N8O/c1-30-18-5-3-2-4-16(18)12-24-19-11-10-17(21-27-25-13-29(19)21)14-6-8-15(9-7-14)20(22)26-28-23/h2-11,13,24H,12H2,1H3,(H3,22,23,26). The second kappa shape index (κ2) is 8.39. The smallest absolute Gasteiger partial charge is 0.176 e. The highest BCUT2D eigenvalue weighted by molar-refractivity contribution is 5.97. The molecule has 0 aliphatic heterocycles. The molecule has 0 saturated carbocycles. The summed E-state index contributed by atoms with van der Waals surface area (Å²) in [4.78, 5) is 0. The Bertz CT molecular complexity index is 1210. The minimum absolute atomic E-state index is 0.00700. The van der Waals surface area contributed by atoms with Crippen LogP contribution < -0.4 is 15.9 Å². The van der Waals surface area contributed by atoms with Gasteiger partial charge in [0.1, 0.15) is 17.9 Å². The van der Waals surface area contributed by atoms with E-state index < -0.39 is 0 Å². The van der Waals surface area contributed by atoms with Gasteiger partial charge in [-0.2, -0.15) is 0 Å². The third-order valence-corrected chi connectivity index (χ3v) is 4.74. The van der Waals surface area contributed by atoms with E-state index in [2.05, 4.69) is 25.9 Å². The van der Waals surface area contributed by atoms with Crippen LogP contribution in [0.3, 0.4) is 0 Å². The molecule has 2 aromatic carbocycles. The Kier molecular flexibility index (Phi) is 5.33. The van der Waals surface area contributed by atoms with Crippen molar-refractivity contribution in [1.82, 2.24) is 14.6 Å². The van der Waals surface area contributed by atoms with Crippen LogP contribution in [0.5, 0.6) is 5.75 Å². The highest BCUT2D eigenvalue weighted by atomic mass is 16.5. The van der Waals surface area contributed by atoms with E-state index >= 15 is 0 Å². The van der Waals surface area contributed by atoms with Gasteiger partial charge < -0.3 is 15.9 Å². The molecular weight excluding hydrogens is 380 g/mol. The number of pyridine rings is 1. The number of anilines is 1. The zero-order chi connectivity index (χ0) is 20.9. The van der Waals surface area contributed by atoms with Gasteiger partial charge >= 0.3 is 0 Å². The average molecular weight is 400 g/mol. The summed E-state index contributed by atoms with van der Waals surface area (Å²) in [7, 11) is 1.66. The highest BCUT2D eigenvalue weighted by Gasteiger charge is 2.11. The Morgan fingerprint density at radius 3 is 2.70 bits per heavy atom. The Morgan fingerprint density at radius 2 is 1.93 bits per heavy atom. The van der Waals surface area contributed by atoms with Crippen LogP contribution in [-0.2, 0) is 6.54 Å². The maximum Gasteiger partial charge on any atom is 0.176 e. The molecule has 0 aliphatic carbocycles. The summed E-state index contributed by atoms with van der Waals surface area (Å²) in [5, 5.41) is 26.3. The number of benzene rings is 2. The van der Waals surface area contributed by atoms with E-state index in [1.807, 2.05) is 52.9 Å². The summed E-state index contributed by atoms with van der Waals surface area (Å²) >= 11 is 0. The molecule has 4 aromatic rings. The molecule has 0 unspecified atom stereocenters. The van der Waals surface area contributed by atoms with Crippen LogP contribution in [0.1, 0.15) is 11.1 Å². The molecule has 9 heteroatoms. The molecule has 0 fully saturated rings. The molecule has 4 rings (SSSR count). The summed E-state index contributed by atoms with van der Waals surface area (Å²) in [6.07, 6.45) is 1.68. The summed E-state index contributed by atoms with van der Waals surface area (Å²) < 4.78 is 7.32. The van der Waals surface area contributed by atoms with Gasteiger partial charge in [0.05, 0.1) is 7.11 Å². The highest BCUT2D eigenvalue weighted by Crippen LogP contribution is 2.27. The number of hydrogen-bond donors (Lipinski definition) is 3. The fourth-order valence-corrected chi connectivity index (χ4v) is 3.24. The second-order valence-electron chi connectivity index (χ2n) is 6.46. The molecule has 0 amide bonds. The van der Waals surface area contributed by atoms with Gasteiger partial charge in [0.15, 0.2) is 11.5 Å². The lowest BCUT2D eigenvalue weighted by Gasteiger charge is -2.13. The van der Waals surface area contributed by atoms with Crippen LogP contribution in [0.25, 0.3) is 16.8 Å². The summed E-state index contributed by atoms with van der Waals surface area (Å²) in [5.41, 5.74) is 4.28. The predicted molar refractivity (Wildman–Crippen MR) is 115 cm³/mol. The number of nitrogens with one attached hydrogen (secondary N) is 2. The van der Waals surface area contributed by atoms with E-state index in [4.69, 9.17) is 16.0 Å². The van der Waals surface area contributed by atoms with Gasteiger partial charge in [-0.1, -0.05) is 47.7 Å². The summed E-state index contributed by atoms with van der Waals surface area (Å²) in [6, 6.07) is 19.3. The zero-order valence-electron chi connectivity index (χ0n) is 16.3. The fourth-order valence-electron chi connectivity index (χ4n) is 3.24. The third-order valence-electron chi connectivity index (χ3n) is 4.74. The van der Waals surface area contributed by atoms with E-state index in [1.54, 1.807) is 25.6 Å². The van der Waals surface area contributed by atoms with Crippen molar-refractivity contribution in [2.75, 3.05) is 12.4 Å². The van der Waals surface area contributed by atoms with E-state index in [0.29, 0.717) is 12.1 Å². The average Bonchev–Trinajstić information content (AvgIpc) is 3.28. The molecule has 0 radical (unpaired) electrons. The van der Waals surface area contributed by atoms with Crippen molar-refractivity contribution in [1.29, 1.82) is 5.41 Å². The molecule has 0 aliphatic rings. The first kappa shape index (κ1) is 19.1. The second-order valence-corrected chi connectivity index (χ2v) is 6.46. The molecule has 4 N–H and O–H groups in total. The van der Waals surface area contributed by atoms with Gasteiger partial charge in [-0.15, -0.1) is 15.3 Å². The fraction of sp³-hybridized carbons (Fsp3) is 0.0952. The number of amidine groups is 1. The predicted octanol–water partition coefficient (Wildman–Crippen LogP) is 3.67. The van der Waals surface area contributed by atoms with Crippen molar-refractivity contribution >= 4 is 17.3 Å². The number of hydrogen-bond acceptors (Lipinski definition) is 6. The molecule has 30 heavy (non-hydrogen) atoms. The number of para-hydroxylation sites is 1. The Balaban J connectivity index is 1.62.